The molecule has 1 rings (SSSR count). The third-order valence-corrected chi connectivity index (χ3v) is 3.88. The van der Waals surface area contributed by atoms with Crippen molar-refractivity contribution in [1.29, 1.82) is 0 Å². The van der Waals surface area contributed by atoms with Gasteiger partial charge in [0.2, 0.25) is 0 Å². The standard InChI is InChI=1S/C16H26FNO/c1-3-5-7-12(4-2)16(19)15(11-18)13-8-6-9-14(17)10-13/h6,8-10,12,15-16,19H,3-5,7,11,18H2,1-2H3. The maximum atomic E-state index is 13.3. The third kappa shape index (κ3) is 4.59. The zero-order valence-corrected chi connectivity index (χ0v) is 12.0. The van der Waals surface area contributed by atoms with Crippen LogP contribution in [0.25, 0.3) is 0 Å². The summed E-state index contributed by atoms with van der Waals surface area (Å²) in [5.41, 5.74) is 6.59. The van der Waals surface area contributed by atoms with Crippen LogP contribution in [0.3, 0.4) is 0 Å². The quantitative estimate of drug-likeness (QED) is 0.758. The molecule has 3 heteroatoms. The fourth-order valence-corrected chi connectivity index (χ4v) is 2.62. The van der Waals surface area contributed by atoms with Gasteiger partial charge in [0, 0.05) is 12.5 Å². The van der Waals surface area contributed by atoms with E-state index in [9.17, 15) is 9.50 Å². The highest BCUT2D eigenvalue weighted by Gasteiger charge is 2.26. The van der Waals surface area contributed by atoms with E-state index in [1.807, 2.05) is 6.07 Å². The molecule has 1 aromatic rings. The molecule has 0 aromatic heterocycles. The first-order chi connectivity index (χ1) is 9.13. The Morgan fingerprint density at radius 2 is 2.05 bits per heavy atom. The molecular formula is C16H26FNO. The van der Waals surface area contributed by atoms with Gasteiger partial charge in [-0.05, 0) is 30.0 Å². The van der Waals surface area contributed by atoms with Crippen LogP contribution in [0.2, 0.25) is 0 Å². The van der Waals surface area contributed by atoms with Crippen LogP contribution in [0, 0.1) is 11.7 Å². The number of aliphatic hydroxyl groups excluding tert-OH is 1. The van der Waals surface area contributed by atoms with E-state index in [2.05, 4.69) is 13.8 Å². The van der Waals surface area contributed by atoms with Crippen molar-refractivity contribution in [2.45, 2.75) is 51.6 Å². The summed E-state index contributed by atoms with van der Waals surface area (Å²) in [6.07, 6.45) is 3.66. The molecule has 0 aliphatic heterocycles. The van der Waals surface area contributed by atoms with Crippen molar-refractivity contribution >= 4 is 0 Å². The van der Waals surface area contributed by atoms with Crippen molar-refractivity contribution in [2.75, 3.05) is 6.54 Å². The first-order valence-corrected chi connectivity index (χ1v) is 7.27. The van der Waals surface area contributed by atoms with Crippen LogP contribution in [-0.4, -0.2) is 17.8 Å². The summed E-state index contributed by atoms with van der Waals surface area (Å²) in [5, 5.41) is 10.5. The van der Waals surface area contributed by atoms with Gasteiger partial charge in [-0.1, -0.05) is 45.2 Å². The fourth-order valence-electron chi connectivity index (χ4n) is 2.62. The van der Waals surface area contributed by atoms with Gasteiger partial charge < -0.3 is 10.8 Å². The Balaban J connectivity index is 2.82. The van der Waals surface area contributed by atoms with Gasteiger partial charge in [-0.25, -0.2) is 4.39 Å². The Bertz CT molecular complexity index is 370. The number of hydrogen-bond donors (Lipinski definition) is 2. The number of aliphatic hydroxyl groups is 1. The second-order valence-corrected chi connectivity index (χ2v) is 5.20. The Kier molecular flexibility index (Phi) is 7.03. The van der Waals surface area contributed by atoms with Crippen LogP contribution in [0.15, 0.2) is 24.3 Å². The molecule has 108 valence electrons. The van der Waals surface area contributed by atoms with Gasteiger partial charge in [0.15, 0.2) is 0 Å². The summed E-state index contributed by atoms with van der Waals surface area (Å²) in [4.78, 5) is 0. The molecule has 0 spiro atoms. The molecular weight excluding hydrogens is 241 g/mol. The maximum Gasteiger partial charge on any atom is 0.123 e. The van der Waals surface area contributed by atoms with Crippen LogP contribution in [0.1, 0.15) is 51.0 Å². The van der Waals surface area contributed by atoms with Crippen LogP contribution < -0.4 is 5.73 Å². The lowest BCUT2D eigenvalue weighted by Gasteiger charge is -2.29. The van der Waals surface area contributed by atoms with Crippen LogP contribution in [0.5, 0.6) is 0 Å². The molecule has 3 unspecified atom stereocenters. The minimum atomic E-state index is -0.497. The lowest BCUT2D eigenvalue weighted by Crippen LogP contribution is -2.32. The van der Waals surface area contributed by atoms with Crippen molar-refractivity contribution in [2.24, 2.45) is 11.7 Å². The van der Waals surface area contributed by atoms with Gasteiger partial charge in [-0.2, -0.15) is 0 Å². The molecule has 2 nitrogen and oxygen atoms in total. The first kappa shape index (κ1) is 16.1. The zero-order valence-electron chi connectivity index (χ0n) is 12.0. The Morgan fingerprint density at radius 3 is 2.58 bits per heavy atom. The predicted octanol–water partition coefficient (Wildman–Crippen LogP) is 3.45. The van der Waals surface area contributed by atoms with E-state index in [0.717, 1.165) is 31.2 Å². The molecule has 0 bridgehead atoms. The fraction of sp³-hybridized carbons (Fsp3) is 0.625. The molecule has 0 aliphatic rings. The zero-order chi connectivity index (χ0) is 14.3. The Hall–Kier alpha value is -0.930. The van der Waals surface area contributed by atoms with Gasteiger partial charge in [0.05, 0.1) is 6.10 Å². The Morgan fingerprint density at radius 1 is 1.32 bits per heavy atom. The van der Waals surface area contributed by atoms with Crippen LogP contribution in [0.4, 0.5) is 4.39 Å². The second kappa shape index (κ2) is 8.28. The first-order valence-electron chi connectivity index (χ1n) is 7.27. The second-order valence-electron chi connectivity index (χ2n) is 5.20. The number of benzene rings is 1. The summed E-state index contributed by atoms with van der Waals surface area (Å²) in [7, 11) is 0. The lowest BCUT2D eigenvalue weighted by molar-refractivity contribution is 0.0742. The monoisotopic (exact) mass is 267 g/mol. The molecule has 0 saturated carbocycles. The normalized spacial score (nSPS) is 16.1. The number of nitrogens with two attached hydrogens (primary N) is 1. The molecule has 3 atom stereocenters. The molecule has 0 fully saturated rings. The summed E-state index contributed by atoms with van der Waals surface area (Å²) in [6.45, 7) is 4.57. The van der Waals surface area contributed by atoms with Crippen LogP contribution >= 0.6 is 0 Å². The van der Waals surface area contributed by atoms with Crippen molar-refractivity contribution in [1.82, 2.24) is 0 Å². The molecule has 19 heavy (non-hydrogen) atoms. The van der Waals surface area contributed by atoms with Crippen molar-refractivity contribution in [3.8, 4) is 0 Å². The minimum Gasteiger partial charge on any atom is -0.392 e. The van der Waals surface area contributed by atoms with E-state index in [1.165, 1.54) is 12.1 Å². The topological polar surface area (TPSA) is 46.2 Å². The number of rotatable bonds is 8. The molecule has 1 aromatic carbocycles. The van der Waals surface area contributed by atoms with Crippen molar-refractivity contribution in [3.05, 3.63) is 35.6 Å². The van der Waals surface area contributed by atoms with Gasteiger partial charge in [0.1, 0.15) is 5.82 Å². The highest BCUT2D eigenvalue weighted by atomic mass is 19.1. The molecule has 0 amide bonds. The summed E-state index contributed by atoms with van der Waals surface area (Å²) in [6, 6.07) is 6.41. The van der Waals surface area contributed by atoms with Crippen molar-refractivity contribution in [3.63, 3.8) is 0 Å². The van der Waals surface area contributed by atoms with E-state index in [0.29, 0.717) is 6.54 Å². The highest BCUT2D eigenvalue weighted by molar-refractivity contribution is 5.22. The number of unbranched alkanes of at least 4 members (excludes halogenated alkanes) is 1. The largest absolute Gasteiger partial charge is 0.392 e. The van der Waals surface area contributed by atoms with Gasteiger partial charge in [-0.15, -0.1) is 0 Å². The van der Waals surface area contributed by atoms with Crippen molar-refractivity contribution < 1.29 is 9.50 Å². The number of hydrogen-bond acceptors (Lipinski definition) is 2. The summed E-state index contributed by atoms with van der Waals surface area (Å²) < 4.78 is 13.3. The maximum absolute atomic E-state index is 13.3. The minimum absolute atomic E-state index is 0.183. The van der Waals surface area contributed by atoms with Gasteiger partial charge >= 0.3 is 0 Å². The van der Waals surface area contributed by atoms with E-state index in [4.69, 9.17) is 5.73 Å². The average Bonchev–Trinajstić information content (AvgIpc) is 2.40. The molecule has 3 N–H and O–H groups in total. The van der Waals surface area contributed by atoms with E-state index in [1.54, 1.807) is 6.07 Å². The predicted molar refractivity (Wildman–Crippen MR) is 77.5 cm³/mol. The Labute approximate surface area is 115 Å². The summed E-state index contributed by atoms with van der Waals surface area (Å²) >= 11 is 0. The third-order valence-electron chi connectivity index (χ3n) is 3.88. The smallest absolute Gasteiger partial charge is 0.123 e. The van der Waals surface area contributed by atoms with Gasteiger partial charge in [-0.3, -0.25) is 0 Å². The van der Waals surface area contributed by atoms with Gasteiger partial charge in [0.25, 0.3) is 0 Å². The molecule has 0 aliphatic carbocycles. The lowest BCUT2D eigenvalue weighted by atomic mass is 9.82. The van der Waals surface area contributed by atoms with E-state index >= 15 is 0 Å². The SMILES string of the molecule is CCCCC(CC)C(O)C(CN)c1cccc(F)c1. The summed E-state index contributed by atoms with van der Waals surface area (Å²) in [5.74, 6) is -0.223. The van der Waals surface area contributed by atoms with E-state index < -0.39 is 6.10 Å². The average molecular weight is 267 g/mol. The molecule has 0 saturated heterocycles. The molecule has 0 radical (unpaired) electrons. The highest BCUT2D eigenvalue weighted by Crippen LogP contribution is 2.28. The molecule has 0 heterocycles. The van der Waals surface area contributed by atoms with Crippen LogP contribution in [-0.2, 0) is 0 Å². The number of halogens is 1. The van der Waals surface area contributed by atoms with E-state index in [-0.39, 0.29) is 17.7 Å².